The van der Waals surface area contributed by atoms with Crippen molar-refractivity contribution in [3.8, 4) is 0 Å². The van der Waals surface area contributed by atoms with Gasteiger partial charge in [-0.1, -0.05) is 62.4 Å². The van der Waals surface area contributed by atoms with Gasteiger partial charge in [-0.2, -0.15) is 0 Å². The van der Waals surface area contributed by atoms with Gasteiger partial charge in [0.2, 0.25) is 0 Å². The number of fused-ring (bicyclic) bond motifs is 3. The highest BCUT2D eigenvalue weighted by Gasteiger charge is 2.50. The number of aromatic amines is 1. The molecule has 1 saturated carbocycles. The molecule has 5 nitrogen and oxygen atoms in total. The molecule has 190 valence electrons. The zero-order valence-electron chi connectivity index (χ0n) is 21.9. The molecule has 1 fully saturated rings. The Morgan fingerprint density at radius 1 is 1.11 bits per heavy atom. The van der Waals surface area contributed by atoms with E-state index >= 15 is 0 Å². The summed E-state index contributed by atoms with van der Waals surface area (Å²) < 4.78 is 6.39. The second-order valence-electron chi connectivity index (χ2n) is 11.1. The molecule has 0 saturated heterocycles. The van der Waals surface area contributed by atoms with Gasteiger partial charge in [0.1, 0.15) is 11.4 Å². The summed E-state index contributed by atoms with van der Waals surface area (Å²) in [5, 5.41) is 0. The van der Waals surface area contributed by atoms with Gasteiger partial charge in [0.05, 0.1) is 17.0 Å². The van der Waals surface area contributed by atoms with Gasteiger partial charge < -0.3 is 14.6 Å². The number of rotatable bonds is 10. The highest BCUT2D eigenvalue weighted by Crippen LogP contribution is 2.53. The average Bonchev–Trinajstić information content (AvgIpc) is 3.31. The van der Waals surface area contributed by atoms with E-state index in [1.165, 1.54) is 17.6 Å². The quantitative estimate of drug-likeness (QED) is 0.344. The molecule has 2 aromatic carbocycles. The van der Waals surface area contributed by atoms with Crippen LogP contribution >= 0.6 is 0 Å². The third-order valence-corrected chi connectivity index (χ3v) is 8.11. The summed E-state index contributed by atoms with van der Waals surface area (Å²) in [4.78, 5) is 23.4. The van der Waals surface area contributed by atoms with Gasteiger partial charge in [0.25, 0.3) is 0 Å². The molecule has 3 aliphatic rings. The Hall–Kier alpha value is -2.92. The van der Waals surface area contributed by atoms with E-state index in [1.54, 1.807) is 0 Å². The number of carbonyl (C=O) groups is 1. The number of hydrogen-bond acceptors (Lipinski definition) is 4. The third kappa shape index (κ3) is 5.27. The Morgan fingerprint density at radius 3 is 2.61 bits per heavy atom. The molecular formula is C31H39N3O2. The molecule has 0 amide bonds. The Balaban J connectivity index is 1.23. The number of para-hydroxylation sites is 2. The van der Waals surface area contributed by atoms with Crippen LogP contribution in [-0.2, 0) is 16.0 Å². The summed E-state index contributed by atoms with van der Waals surface area (Å²) in [6.07, 6.45) is 8.50. The smallest absolute Gasteiger partial charge is 0.308 e. The number of carbonyl (C=O) groups excluding carboxylic acids is 1. The van der Waals surface area contributed by atoms with Crippen LogP contribution in [0.1, 0.15) is 57.3 Å². The van der Waals surface area contributed by atoms with Gasteiger partial charge in [-0.05, 0) is 68.5 Å². The summed E-state index contributed by atoms with van der Waals surface area (Å²) in [7, 11) is 2.18. The van der Waals surface area contributed by atoms with Gasteiger partial charge in [-0.25, -0.2) is 4.98 Å². The molecule has 3 atom stereocenters. The highest BCUT2D eigenvalue weighted by atomic mass is 16.6. The van der Waals surface area contributed by atoms with Crippen molar-refractivity contribution in [3.05, 3.63) is 72.1 Å². The van der Waals surface area contributed by atoms with Gasteiger partial charge in [-0.15, -0.1) is 0 Å². The maximum absolute atomic E-state index is 12.8. The molecule has 0 spiro atoms. The molecule has 0 unspecified atom stereocenters. The number of ether oxygens (including phenoxy) is 1. The molecule has 1 aromatic heterocycles. The van der Waals surface area contributed by atoms with Crippen molar-refractivity contribution in [1.29, 1.82) is 0 Å². The van der Waals surface area contributed by atoms with Gasteiger partial charge in [0.15, 0.2) is 0 Å². The SMILES string of the molecule is CC(C)C(=O)O[C@]1(CCN(C)CCCc2nc3ccccc3[nH]2)C[C@@H]2CC[C@H]1C=C2c1ccccc1. The number of allylic oxidation sites excluding steroid dienone is 1. The lowest BCUT2D eigenvalue weighted by molar-refractivity contribution is -0.176. The largest absolute Gasteiger partial charge is 0.458 e. The molecule has 3 aliphatic carbocycles. The minimum Gasteiger partial charge on any atom is -0.458 e. The minimum absolute atomic E-state index is 0.0650. The Bertz CT molecular complexity index is 1180. The standard InChI is InChI=1S/C31H39N3O2/c1-22(2)30(35)36-31(21-24-15-16-25(31)20-26(24)23-10-5-4-6-11-23)17-19-34(3)18-9-14-29-32-27-12-7-8-13-28(27)33-29/h4-8,10-13,20,22,24-25H,9,14-19,21H2,1-3H3,(H,32,33)/t24-,25-,31+/m0/s1. The second kappa shape index (κ2) is 10.6. The summed E-state index contributed by atoms with van der Waals surface area (Å²) in [6.45, 7) is 5.78. The molecule has 1 heterocycles. The Kier molecular flexibility index (Phi) is 7.29. The number of H-pyrrole nitrogens is 1. The predicted molar refractivity (Wildman–Crippen MR) is 145 cm³/mol. The zero-order valence-corrected chi connectivity index (χ0v) is 21.9. The van der Waals surface area contributed by atoms with Crippen LogP contribution in [-0.4, -0.2) is 46.6 Å². The third-order valence-electron chi connectivity index (χ3n) is 8.11. The van der Waals surface area contributed by atoms with Crippen molar-refractivity contribution in [1.82, 2.24) is 14.9 Å². The van der Waals surface area contributed by atoms with Crippen molar-refractivity contribution >= 4 is 22.6 Å². The normalized spacial score (nSPS) is 23.4. The van der Waals surface area contributed by atoms with E-state index in [9.17, 15) is 4.79 Å². The fraction of sp³-hybridized carbons (Fsp3) is 0.484. The van der Waals surface area contributed by atoms with Crippen LogP contribution in [0, 0.1) is 17.8 Å². The number of aryl methyl sites for hydroxylation is 1. The van der Waals surface area contributed by atoms with Crippen molar-refractivity contribution in [2.45, 2.75) is 58.0 Å². The lowest BCUT2D eigenvalue weighted by Crippen LogP contribution is -2.51. The first-order valence-electron chi connectivity index (χ1n) is 13.6. The highest BCUT2D eigenvalue weighted by molar-refractivity contribution is 5.75. The molecule has 3 aromatic rings. The number of benzene rings is 2. The van der Waals surface area contributed by atoms with Crippen LogP contribution in [0.5, 0.6) is 0 Å². The molecule has 0 aliphatic heterocycles. The number of hydrogen-bond donors (Lipinski definition) is 1. The van der Waals surface area contributed by atoms with Crippen LogP contribution in [0.25, 0.3) is 16.6 Å². The van der Waals surface area contributed by atoms with Crippen molar-refractivity contribution in [2.24, 2.45) is 17.8 Å². The summed E-state index contributed by atoms with van der Waals surface area (Å²) in [5.41, 5.74) is 4.51. The van der Waals surface area contributed by atoms with E-state index in [0.29, 0.717) is 5.92 Å². The monoisotopic (exact) mass is 485 g/mol. The summed E-state index contributed by atoms with van der Waals surface area (Å²) >= 11 is 0. The topological polar surface area (TPSA) is 58.2 Å². The summed E-state index contributed by atoms with van der Waals surface area (Å²) in [5.74, 6) is 1.61. The van der Waals surface area contributed by atoms with E-state index < -0.39 is 5.60 Å². The maximum atomic E-state index is 12.8. The van der Waals surface area contributed by atoms with Gasteiger partial charge in [0, 0.05) is 25.3 Å². The van der Waals surface area contributed by atoms with E-state index in [2.05, 4.69) is 65.5 Å². The van der Waals surface area contributed by atoms with Gasteiger partial charge in [-0.3, -0.25) is 4.79 Å². The summed E-state index contributed by atoms with van der Waals surface area (Å²) in [6, 6.07) is 18.9. The molecule has 2 bridgehead atoms. The fourth-order valence-corrected chi connectivity index (χ4v) is 6.04. The van der Waals surface area contributed by atoms with Crippen molar-refractivity contribution in [2.75, 3.05) is 20.1 Å². The number of aromatic nitrogens is 2. The van der Waals surface area contributed by atoms with Crippen LogP contribution in [0.4, 0.5) is 0 Å². The van der Waals surface area contributed by atoms with E-state index in [0.717, 1.165) is 62.1 Å². The number of imidazole rings is 1. The number of nitrogens with one attached hydrogen (secondary N) is 1. The predicted octanol–water partition coefficient (Wildman–Crippen LogP) is 6.27. The lowest BCUT2D eigenvalue weighted by Gasteiger charge is -2.50. The van der Waals surface area contributed by atoms with Crippen molar-refractivity contribution < 1.29 is 9.53 Å². The fourth-order valence-electron chi connectivity index (χ4n) is 6.04. The maximum Gasteiger partial charge on any atom is 0.308 e. The van der Waals surface area contributed by atoms with E-state index in [1.807, 2.05) is 26.0 Å². The molecule has 0 radical (unpaired) electrons. The minimum atomic E-state index is -0.393. The van der Waals surface area contributed by atoms with Crippen LogP contribution < -0.4 is 0 Å². The average molecular weight is 486 g/mol. The second-order valence-corrected chi connectivity index (χ2v) is 11.1. The van der Waals surface area contributed by atoms with E-state index in [-0.39, 0.29) is 17.8 Å². The van der Waals surface area contributed by atoms with Crippen molar-refractivity contribution in [3.63, 3.8) is 0 Å². The van der Waals surface area contributed by atoms with Crippen LogP contribution in [0.2, 0.25) is 0 Å². The number of esters is 1. The first-order valence-corrected chi connectivity index (χ1v) is 13.6. The number of nitrogens with zero attached hydrogens (tertiary/aromatic N) is 2. The van der Waals surface area contributed by atoms with Crippen LogP contribution in [0.3, 0.4) is 0 Å². The Morgan fingerprint density at radius 2 is 1.89 bits per heavy atom. The van der Waals surface area contributed by atoms with Gasteiger partial charge >= 0.3 is 5.97 Å². The zero-order chi connectivity index (χ0) is 25.1. The molecule has 5 heteroatoms. The van der Waals surface area contributed by atoms with E-state index in [4.69, 9.17) is 9.72 Å². The first-order chi connectivity index (χ1) is 17.4. The first kappa shape index (κ1) is 24.8. The molecular weight excluding hydrogens is 446 g/mol. The lowest BCUT2D eigenvalue weighted by atomic mass is 9.60. The Labute approximate surface area is 215 Å². The molecule has 6 rings (SSSR count). The molecule has 36 heavy (non-hydrogen) atoms. The molecule has 1 N–H and O–H groups in total. The van der Waals surface area contributed by atoms with Crippen LogP contribution in [0.15, 0.2) is 60.7 Å².